The van der Waals surface area contributed by atoms with Crippen LogP contribution in [-0.4, -0.2) is 55.1 Å². The molecule has 2 saturated heterocycles. The van der Waals surface area contributed by atoms with Crippen molar-refractivity contribution < 1.29 is 4.79 Å². The average Bonchev–Trinajstić information content (AvgIpc) is 2.75. The Morgan fingerprint density at radius 2 is 1.73 bits per heavy atom. The van der Waals surface area contributed by atoms with Gasteiger partial charge >= 0.3 is 0 Å². The lowest BCUT2D eigenvalue weighted by Gasteiger charge is -2.36. The molecule has 1 amide bonds. The normalized spacial score (nSPS) is 20.8. The van der Waals surface area contributed by atoms with E-state index in [0.717, 1.165) is 44.8 Å². The molecule has 2 aromatic rings. The Kier molecular flexibility index (Phi) is 5.16. The lowest BCUT2D eigenvalue weighted by molar-refractivity contribution is 0.0747. The van der Waals surface area contributed by atoms with E-state index in [2.05, 4.69) is 27.3 Å². The number of hydrogen-bond donors (Lipinski definition) is 1. The molecule has 0 spiro atoms. The van der Waals surface area contributed by atoms with E-state index in [0.29, 0.717) is 5.92 Å². The van der Waals surface area contributed by atoms with Crippen molar-refractivity contribution in [1.29, 1.82) is 0 Å². The van der Waals surface area contributed by atoms with Gasteiger partial charge in [-0.3, -0.25) is 9.78 Å². The molecule has 2 aliphatic rings. The quantitative estimate of drug-likeness (QED) is 0.924. The minimum atomic E-state index is 0.146. The third-order valence-electron chi connectivity index (χ3n) is 5.52. The number of amides is 1. The Morgan fingerprint density at radius 3 is 2.38 bits per heavy atom. The second-order valence-electron chi connectivity index (χ2n) is 7.15. The minimum Gasteiger partial charge on any atom is -0.368 e. The van der Waals surface area contributed by atoms with Gasteiger partial charge < -0.3 is 15.1 Å². The maximum atomic E-state index is 12.8. The fourth-order valence-corrected chi connectivity index (χ4v) is 3.94. The van der Waals surface area contributed by atoms with Crippen LogP contribution in [0.3, 0.4) is 0 Å². The zero-order valence-electron chi connectivity index (χ0n) is 15.1. The van der Waals surface area contributed by atoms with Crippen LogP contribution < -0.4 is 10.2 Å². The number of piperidine rings is 1. The Balaban J connectivity index is 1.36. The highest BCUT2D eigenvalue weighted by Crippen LogP contribution is 2.24. The first-order chi connectivity index (χ1) is 12.8. The maximum Gasteiger partial charge on any atom is 0.253 e. The molecule has 5 heteroatoms. The first-order valence-electron chi connectivity index (χ1n) is 9.56. The molecule has 136 valence electrons. The first kappa shape index (κ1) is 17.0. The van der Waals surface area contributed by atoms with Crippen LogP contribution in [0.15, 0.2) is 48.8 Å². The van der Waals surface area contributed by atoms with E-state index in [-0.39, 0.29) is 5.91 Å². The predicted octanol–water partition coefficient (Wildman–Crippen LogP) is 2.51. The molecule has 0 aliphatic carbocycles. The third-order valence-corrected chi connectivity index (χ3v) is 5.52. The molecule has 26 heavy (non-hydrogen) atoms. The van der Waals surface area contributed by atoms with Gasteiger partial charge in [-0.1, -0.05) is 12.1 Å². The second-order valence-corrected chi connectivity index (χ2v) is 7.15. The molecule has 1 aromatic heterocycles. The Morgan fingerprint density at radius 1 is 1.00 bits per heavy atom. The largest absolute Gasteiger partial charge is 0.368 e. The number of rotatable bonds is 3. The van der Waals surface area contributed by atoms with Gasteiger partial charge in [-0.05, 0) is 55.1 Å². The van der Waals surface area contributed by atoms with E-state index in [4.69, 9.17) is 0 Å². The lowest BCUT2D eigenvalue weighted by Crippen LogP contribution is -2.48. The molecular formula is C21H26N4O. The lowest BCUT2D eigenvalue weighted by atomic mass is 9.91. The van der Waals surface area contributed by atoms with Gasteiger partial charge in [0.1, 0.15) is 0 Å². The number of nitrogens with one attached hydrogen (secondary N) is 1. The number of piperazine rings is 1. The van der Waals surface area contributed by atoms with Crippen molar-refractivity contribution >= 4 is 11.6 Å². The summed E-state index contributed by atoms with van der Waals surface area (Å²) in [7, 11) is 0. The third kappa shape index (κ3) is 3.73. The van der Waals surface area contributed by atoms with Crippen LogP contribution >= 0.6 is 0 Å². The first-order valence-corrected chi connectivity index (χ1v) is 9.56. The topological polar surface area (TPSA) is 48.5 Å². The van der Waals surface area contributed by atoms with Gasteiger partial charge in [0.05, 0.1) is 0 Å². The van der Waals surface area contributed by atoms with Crippen LogP contribution in [0.1, 0.15) is 34.7 Å². The summed E-state index contributed by atoms with van der Waals surface area (Å²) < 4.78 is 0. The van der Waals surface area contributed by atoms with Gasteiger partial charge in [0, 0.05) is 56.4 Å². The maximum absolute atomic E-state index is 12.8. The molecule has 1 atom stereocenters. The fraction of sp³-hybridized carbons (Fsp3) is 0.429. The molecular weight excluding hydrogens is 324 g/mol. The number of benzene rings is 1. The van der Waals surface area contributed by atoms with Crippen molar-refractivity contribution in [2.45, 2.75) is 18.8 Å². The van der Waals surface area contributed by atoms with E-state index >= 15 is 0 Å². The number of carbonyl (C=O) groups is 1. The summed E-state index contributed by atoms with van der Waals surface area (Å²) in [6, 6.07) is 12.3. The highest BCUT2D eigenvalue weighted by atomic mass is 16.2. The van der Waals surface area contributed by atoms with Gasteiger partial charge in [0.25, 0.3) is 5.91 Å². The monoisotopic (exact) mass is 350 g/mol. The van der Waals surface area contributed by atoms with E-state index in [1.807, 2.05) is 41.6 Å². The Labute approximate surface area is 155 Å². The van der Waals surface area contributed by atoms with E-state index < -0.39 is 0 Å². The average molecular weight is 350 g/mol. The zero-order chi connectivity index (χ0) is 17.8. The summed E-state index contributed by atoms with van der Waals surface area (Å²) >= 11 is 0. The highest BCUT2D eigenvalue weighted by molar-refractivity contribution is 5.94. The van der Waals surface area contributed by atoms with E-state index in [1.54, 1.807) is 0 Å². The number of anilines is 1. The van der Waals surface area contributed by atoms with E-state index in [9.17, 15) is 4.79 Å². The van der Waals surface area contributed by atoms with Gasteiger partial charge in [0.15, 0.2) is 0 Å². The van der Waals surface area contributed by atoms with Crippen molar-refractivity contribution in [3.05, 3.63) is 59.9 Å². The molecule has 4 rings (SSSR count). The molecule has 5 nitrogen and oxygen atoms in total. The van der Waals surface area contributed by atoms with Crippen molar-refractivity contribution in [2.75, 3.05) is 44.2 Å². The van der Waals surface area contributed by atoms with Crippen LogP contribution in [0.5, 0.6) is 0 Å². The number of aromatic nitrogens is 1. The summed E-state index contributed by atoms with van der Waals surface area (Å²) in [5.41, 5.74) is 3.32. The summed E-state index contributed by atoms with van der Waals surface area (Å²) in [5, 5.41) is 3.46. The molecule has 0 radical (unpaired) electrons. The van der Waals surface area contributed by atoms with Crippen LogP contribution in [0.2, 0.25) is 0 Å². The van der Waals surface area contributed by atoms with Crippen molar-refractivity contribution in [3.8, 4) is 0 Å². The summed E-state index contributed by atoms with van der Waals surface area (Å²) in [6.45, 7) is 5.41. The number of pyridine rings is 1. The SMILES string of the molecule is O=C(c1ccc(C2CCCNC2)cc1)N1CCN(c2ccncc2)CC1. The smallest absolute Gasteiger partial charge is 0.253 e. The number of nitrogens with zero attached hydrogens (tertiary/aromatic N) is 3. The minimum absolute atomic E-state index is 0.146. The highest BCUT2D eigenvalue weighted by Gasteiger charge is 2.23. The predicted molar refractivity (Wildman–Crippen MR) is 104 cm³/mol. The molecule has 1 unspecified atom stereocenters. The van der Waals surface area contributed by atoms with Crippen LogP contribution in [-0.2, 0) is 0 Å². The van der Waals surface area contributed by atoms with Crippen LogP contribution in [0.4, 0.5) is 5.69 Å². The second kappa shape index (κ2) is 7.87. The van der Waals surface area contributed by atoms with Gasteiger partial charge in [-0.2, -0.15) is 0 Å². The summed E-state index contributed by atoms with van der Waals surface area (Å²) in [5.74, 6) is 0.726. The molecule has 0 bridgehead atoms. The number of carbonyl (C=O) groups excluding carboxylic acids is 1. The summed E-state index contributed by atoms with van der Waals surface area (Å²) in [6.07, 6.45) is 6.09. The molecule has 3 heterocycles. The zero-order valence-corrected chi connectivity index (χ0v) is 15.1. The van der Waals surface area contributed by atoms with Crippen molar-refractivity contribution in [1.82, 2.24) is 15.2 Å². The fourth-order valence-electron chi connectivity index (χ4n) is 3.94. The van der Waals surface area contributed by atoms with Crippen molar-refractivity contribution in [2.24, 2.45) is 0 Å². The number of hydrogen-bond acceptors (Lipinski definition) is 4. The van der Waals surface area contributed by atoms with Crippen LogP contribution in [0.25, 0.3) is 0 Å². The molecule has 1 aromatic carbocycles. The Hall–Kier alpha value is -2.40. The standard InChI is InChI=1S/C21H26N4O/c26-21(18-5-3-17(4-6-18)19-2-1-9-23-16-19)25-14-12-24(13-15-25)20-7-10-22-11-8-20/h3-8,10-11,19,23H,1-2,9,12-16H2. The van der Waals surface area contributed by atoms with Gasteiger partial charge in [-0.15, -0.1) is 0 Å². The van der Waals surface area contributed by atoms with Crippen LogP contribution in [0, 0.1) is 0 Å². The van der Waals surface area contributed by atoms with Gasteiger partial charge in [-0.25, -0.2) is 0 Å². The Bertz CT molecular complexity index is 717. The van der Waals surface area contributed by atoms with Gasteiger partial charge in [0.2, 0.25) is 0 Å². The molecule has 0 saturated carbocycles. The summed E-state index contributed by atoms with van der Waals surface area (Å²) in [4.78, 5) is 21.2. The molecule has 1 N–H and O–H groups in total. The molecule has 2 aliphatic heterocycles. The van der Waals surface area contributed by atoms with E-state index in [1.165, 1.54) is 24.1 Å². The van der Waals surface area contributed by atoms with Crippen molar-refractivity contribution in [3.63, 3.8) is 0 Å². The molecule has 2 fully saturated rings.